The van der Waals surface area contributed by atoms with Gasteiger partial charge in [-0.3, -0.25) is 0 Å². The van der Waals surface area contributed by atoms with Gasteiger partial charge in [0.2, 0.25) is 0 Å². The third kappa shape index (κ3) is 3.03. The van der Waals surface area contributed by atoms with E-state index >= 15 is 0 Å². The molecule has 0 N–H and O–H groups in total. The fraction of sp³-hybridized carbons (Fsp3) is 0.714. The maximum Gasteiger partial charge on any atom is 0.505 e. The van der Waals surface area contributed by atoms with Crippen molar-refractivity contribution in [1.82, 2.24) is 4.31 Å². The number of thiophene rings is 1. The zero-order chi connectivity index (χ0) is 18.0. The first-order valence-corrected chi connectivity index (χ1v) is 9.93. The lowest BCUT2D eigenvalue weighted by atomic mass is 9.88. The topological polar surface area (TPSA) is 55.8 Å². The summed E-state index contributed by atoms with van der Waals surface area (Å²) in [5.74, 6) is -2.96. The Hall–Kier alpha value is -0.545. The third-order valence-corrected chi connectivity index (χ3v) is 8.24. The first kappa shape index (κ1) is 18.3. The molecular formula is C14H20BF2NO4S2. The van der Waals surface area contributed by atoms with E-state index in [-0.39, 0.29) is 10.8 Å². The number of rotatable bonds is 3. The number of sulfonamides is 1. The minimum Gasteiger partial charge on any atom is -0.399 e. The van der Waals surface area contributed by atoms with E-state index in [9.17, 15) is 17.2 Å². The summed E-state index contributed by atoms with van der Waals surface area (Å²) in [6.45, 7) is 6.70. The largest absolute Gasteiger partial charge is 0.505 e. The number of hydrogen-bond acceptors (Lipinski definition) is 5. The molecule has 1 aromatic heterocycles. The van der Waals surface area contributed by atoms with Crippen molar-refractivity contribution < 1.29 is 26.5 Å². The van der Waals surface area contributed by atoms with Crippen LogP contribution in [0, 0.1) is 0 Å². The summed E-state index contributed by atoms with van der Waals surface area (Å²) in [5.41, 5.74) is -1.06. The SMILES string of the molecule is CC1(C)OB(c2ccc(S(=O)(=O)N3CCC(F)(F)C3)s2)OC1(C)C. The normalized spacial score (nSPS) is 26.2. The van der Waals surface area contributed by atoms with Crippen LogP contribution in [0.5, 0.6) is 0 Å². The molecule has 0 unspecified atom stereocenters. The van der Waals surface area contributed by atoms with Gasteiger partial charge in [-0.25, -0.2) is 17.2 Å². The van der Waals surface area contributed by atoms with Crippen LogP contribution in [0.15, 0.2) is 16.3 Å². The van der Waals surface area contributed by atoms with Gasteiger partial charge in [0.1, 0.15) is 4.21 Å². The van der Waals surface area contributed by atoms with Gasteiger partial charge in [-0.05, 0) is 33.8 Å². The molecule has 0 amide bonds. The van der Waals surface area contributed by atoms with Crippen molar-refractivity contribution >= 4 is 33.3 Å². The fourth-order valence-electron chi connectivity index (χ4n) is 2.60. The molecule has 2 saturated heterocycles. The van der Waals surface area contributed by atoms with Crippen LogP contribution >= 0.6 is 11.3 Å². The maximum atomic E-state index is 13.3. The van der Waals surface area contributed by atoms with Gasteiger partial charge in [0.05, 0.1) is 17.7 Å². The summed E-state index contributed by atoms with van der Waals surface area (Å²) in [4.78, 5) is 0. The number of hydrogen-bond donors (Lipinski definition) is 0. The molecule has 24 heavy (non-hydrogen) atoms. The van der Waals surface area contributed by atoms with Crippen molar-refractivity contribution in [2.75, 3.05) is 13.1 Å². The first-order chi connectivity index (χ1) is 10.8. The van der Waals surface area contributed by atoms with Gasteiger partial charge < -0.3 is 9.31 Å². The van der Waals surface area contributed by atoms with Crippen LogP contribution in [-0.4, -0.2) is 50.1 Å². The van der Waals surface area contributed by atoms with E-state index in [0.717, 1.165) is 15.6 Å². The molecule has 134 valence electrons. The molecule has 3 rings (SSSR count). The first-order valence-electron chi connectivity index (χ1n) is 7.67. The molecule has 2 aliphatic rings. The van der Waals surface area contributed by atoms with Crippen molar-refractivity contribution in [3.8, 4) is 0 Å². The molecule has 5 nitrogen and oxygen atoms in total. The molecule has 1 aromatic rings. The van der Waals surface area contributed by atoms with E-state index < -0.39 is 47.2 Å². The Kier molecular flexibility index (Phi) is 4.16. The summed E-state index contributed by atoms with van der Waals surface area (Å²) < 4.78 is 65.0. The summed E-state index contributed by atoms with van der Waals surface area (Å²) in [6.07, 6.45) is -0.443. The van der Waals surface area contributed by atoms with Crippen molar-refractivity contribution in [3.05, 3.63) is 12.1 Å². The minimum atomic E-state index is -3.92. The Morgan fingerprint density at radius 2 is 1.75 bits per heavy atom. The number of alkyl halides is 2. The van der Waals surface area contributed by atoms with Gasteiger partial charge in [-0.15, -0.1) is 11.3 Å². The van der Waals surface area contributed by atoms with E-state index in [1.165, 1.54) is 6.07 Å². The Labute approximate surface area is 145 Å². The second-order valence-corrected chi connectivity index (χ2v) is 10.5. The van der Waals surface area contributed by atoms with Crippen LogP contribution in [0.2, 0.25) is 0 Å². The molecule has 0 bridgehead atoms. The second-order valence-electron chi connectivity index (χ2n) is 7.19. The summed E-state index contributed by atoms with van der Waals surface area (Å²) in [5, 5.41) is 0. The van der Waals surface area contributed by atoms with Crippen molar-refractivity contribution in [3.63, 3.8) is 0 Å². The molecule has 0 spiro atoms. The lowest BCUT2D eigenvalue weighted by Gasteiger charge is -2.32. The average molecular weight is 379 g/mol. The van der Waals surface area contributed by atoms with Crippen LogP contribution in [0.1, 0.15) is 34.1 Å². The van der Waals surface area contributed by atoms with Crippen LogP contribution in [0.3, 0.4) is 0 Å². The fourth-order valence-corrected chi connectivity index (χ4v) is 5.50. The molecule has 0 atom stereocenters. The lowest BCUT2D eigenvalue weighted by Crippen LogP contribution is -2.41. The van der Waals surface area contributed by atoms with Crippen LogP contribution < -0.4 is 4.78 Å². The van der Waals surface area contributed by atoms with E-state index in [4.69, 9.17) is 9.31 Å². The third-order valence-electron chi connectivity index (χ3n) is 4.82. The number of halogens is 2. The Morgan fingerprint density at radius 1 is 1.17 bits per heavy atom. The molecule has 0 radical (unpaired) electrons. The van der Waals surface area contributed by atoms with E-state index in [1.54, 1.807) is 6.07 Å². The monoisotopic (exact) mass is 379 g/mol. The molecule has 0 aromatic carbocycles. The number of nitrogens with zero attached hydrogens (tertiary/aromatic N) is 1. The lowest BCUT2D eigenvalue weighted by molar-refractivity contribution is 0.00578. The standard InChI is InChI=1S/C14H20BF2NO4S2/c1-12(2)13(3,4)22-15(21-12)10-5-6-11(23-10)24(19,20)18-8-7-14(16,17)9-18/h5-6H,7-9H2,1-4H3. The Morgan fingerprint density at radius 3 is 2.25 bits per heavy atom. The highest BCUT2D eigenvalue weighted by Crippen LogP contribution is 2.38. The second kappa shape index (κ2) is 5.47. The average Bonchev–Trinajstić information content (AvgIpc) is 3.08. The zero-order valence-electron chi connectivity index (χ0n) is 14.0. The summed E-state index contributed by atoms with van der Waals surface area (Å²) >= 11 is 1.00. The summed E-state index contributed by atoms with van der Waals surface area (Å²) in [7, 11) is -4.58. The molecule has 3 heterocycles. The van der Waals surface area contributed by atoms with Gasteiger partial charge >= 0.3 is 7.12 Å². The zero-order valence-corrected chi connectivity index (χ0v) is 15.6. The maximum absolute atomic E-state index is 13.3. The molecule has 2 fully saturated rings. The molecular weight excluding hydrogens is 359 g/mol. The van der Waals surface area contributed by atoms with E-state index in [1.807, 2.05) is 27.7 Å². The Bertz CT molecular complexity index is 732. The summed E-state index contributed by atoms with van der Waals surface area (Å²) in [6, 6.07) is 3.05. The quantitative estimate of drug-likeness (QED) is 0.755. The highest BCUT2D eigenvalue weighted by molar-refractivity contribution is 7.91. The van der Waals surface area contributed by atoms with Crippen molar-refractivity contribution in [1.29, 1.82) is 0 Å². The minimum absolute atomic E-state index is 0.0323. The van der Waals surface area contributed by atoms with Gasteiger partial charge in [0, 0.05) is 17.7 Å². The Balaban J connectivity index is 1.82. The van der Waals surface area contributed by atoms with Gasteiger partial charge in [0.15, 0.2) is 0 Å². The van der Waals surface area contributed by atoms with Gasteiger partial charge in [0.25, 0.3) is 15.9 Å². The molecule has 10 heteroatoms. The molecule has 0 saturated carbocycles. The van der Waals surface area contributed by atoms with Gasteiger partial charge in [-0.2, -0.15) is 4.31 Å². The predicted octanol–water partition coefficient (Wildman–Crippen LogP) is 2.08. The van der Waals surface area contributed by atoms with Crippen molar-refractivity contribution in [2.24, 2.45) is 0 Å². The predicted molar refractivity (Wildman–Crippen MR) is 88.4 cm³/mol. The highest BCUT2D eigenvalue weighted by atomic mass is 32.2. The van der Waals surface area contributed by atoms with Crippen molar-refractivity contribution in [2.45, 2.75) is 55.4 Å². The highest BCUT2D eigenvalue weighted by Gasteiger charge is 2.52. The van der Waals surface area contributed by atoms with Crippen LogP contribution in [0.25, 0.3) is 0 Å². The molecule has 2 aliphatic heterocycles. The van der Waals surface area contributed by atoms with Gasteiger partial charge in [-0.1, -0.05) is 6.07 Å². The van der Waals surface area contributed by atoms with Crippen LogP contribution in [-0.2, 0) is 19.3 Å². The molecule has 0 aliphatic carbocycles. The van der Waals surface area contributed by atoms with Crippen LogP contribution in [0.4, 0.5) is 8.78 Å². The smallest absolute Gasteiger partial charge is 0.399 e. The van der Waals surface area contributed by atoms with E-state index in [0.29, 0.717) is 4.78 Å². The van der Waals surface area contributed by atoms with E-state index in [2.05, 4.69) is 0 Å².